The fourth-order valence-electron chi connectivity index (χ4n) is 2.71. The highest BCUT2D eigenvalue weighted by Crippen LogP contribution is 2.31. The summed E-state index contributed by atoms with van der Waals surface area (Å²) in [6.45, 7) is 2.06. The summed E-state index contributed by atoms with van der Waals surface area (Å²) in [6.07, 6.45) is 0.616. The Morgan fingerprint density at radius 3 is 2.71 bits per heavy atom. The molecule has 0 fully saturated rings. The lowest BCUT2D eigenvalue weighted by Crippen LogP contribution is -2.30. The molecule has 0 spiro atoms. The van der Waals surface area contributed by atoms with Crippen LogP contribution in [0.25, 0.3) is 0 Å². The molecule has 1 aliphatic rings. The van der Waals surface area contributed by atoms with Crippen molar-refractivity contribution in [3.05, 3.63) is 58.1 Å². The number of para-hydroxylation sites is 1. The Labute approximate surface area is 149 Å². The number of fused-ring (bicyclic) bond motifs is 1. The lowest BCUT2D eigenvalue weighted by Gasteiger charge is -2.18. The Balaban J connectivity index is 1.85. The average molecular weight is 409 g/mol. The molecule has 7 heteroatoms. The lowest BCUT2D eigenvalue weighted by atomic mass is 10.1. The maximum absolute atomic E-state index is 12.4. The molecule has 126 valence electrons. The quantitative estimate of drug-likeness (QED) is 0.842. The smallest absolute Gasteiger partial charge is 0.255 e. The molecule has 1 N–H and O–H groups in total. The number of halogens is 1. The number of carbonyl (C=O) groups is 1. The minimum Gasteiger partial charge on any atom is -0.321 e. The van der Waals surface area contributed by atoms with E-state index in [9.17, 15) is 13.2 Å². The van der Waals surface area contributed by atoms with Crippen molar-refractivity contribution in [1.29, 1.82) is 0 Å². The predicted octanol–water partition coefficient (Wildman–Crippen LogP) is 3.41. The molecule has 0 aliphatic carbocycles. The first kappa shape index (κ1) is 17.0. The summed E-state index contributed by atoms with van der Waals surface area (Å²) < 4.78 is 26.4. The molecule has 5 nitrogen and oxygen atoms in total. The topological polar surface area (TPSA) is 66.5 Å². The van der Waals surface area contributed by atoms with E-state index in [1.54, 1.807) is 25.1 Å². The summed E-state index contributed by atoms with van der Waals surface area (Å²) >= 11 is 3.40. The van der Waals surface area contributed by atoms with Crippen LogP contribution >= 0.6 is 15.9 Å². The zero-order valence-corrected chi connectivity index (χ0v) is 15.5. The fourth-order valence-corrected chi connectivity index (χ4v) is 4.26. The van der Waals surface area contributed by atoms with Crippen LogP contribution in [0.5, 0.6) is 0 Å². The molecule has 0 bridgehead atoms. The summed E-state index contributed by atoms with van der Waals surface area (Å²) in [5, 5.41) is 2.85. The van der Waals surface area contributed by atoms with E-state index in [-0.39, 0.29) is 11.7 Å². The second kappa shape index (κ2) is 6.57. The zero-order chi connectivity index (χ0) is 17.3. The zero-order valence-electron chi connectivity index (χ0n) is 13.1. The molecule has 3 rings (SSSR count). The van der Waals surface area contributed by atoms with Crippen molar-refractivity contribution in [2.24, 2.45) is 0 Å². The standard InChI is InChI=1S/C17H17BrN2O3S/c1-2-24(22,23)20-10-9-12-11-13(7-8-16(12)20)17(21)19-15-6-4-3-5-14(15)18/h3-8,11H,2,9-10H2,1H3,(H,19,21). The minimum absolute atomic E-state index is 0.0662. The van der Waals surface area contributed by atoms with Crippen LogP contribution in [0, 0.1) is 0 Å². The first-order chi connectivity index (χ1) is 11.4. The van der Waals surface area contributed by atoms with Crippen molar-refractivity contribution in [2.75, 3.05) is 21.9 Å². The predicted molar refractivity (Wildman–Crippen MR) is 99.0 cm³/mol. The number of amides is 1. The molecule has 0 aromatic heterocycles. The van der Waals surface area contributed by atoms with Gasteiger partial charge in [-0.2, -0.15) is 0 Å². The molecule has 0 radical (unpaired) electrons. The molecule has 0 saturated heterocycles. The fraction of sp³-hybridized carbons (Fsp3) is 0.235. The van der Waals surface area contributed by atoms with Crippen molar-refractivity contribution in [3.8, 4) is 0 Å². The van der Waals surface area contributed by atoms with Gasteiger partial charge in [0.2, 0.25) is 10.0 Å². The second-order valence-corrected chi connectivity index (χ2v) is 8.54. The third-order valence-corrected chi connectivity index (χ3v) is 6.49. The van der Waals surface area contributed by atoms with Gasteiger partial charge in [0.1, 0.15) is 0 Å². The molecular formula is C17H17BrN2O3S. The van der Waals surface area contributed by atoms with E-state index in [1.165, 1.54) is 4.31 Å². The Bertz CT molecular complexity index is 896. The van der Waals surface area contributed by atoms with E-state index in [4.69, 9.17) is 0 Å². The van der Waals surface area contributed by atoms with E-state index < -0.39 is 10.0 Å². The Morgan fingerprint density at radius 1 is 1.25 bits per heavy atom. The van der Waals surface area contributed by atoms with Gasteiger partial charge >= 0.3 is 0 Å². The lowest BCUT2D eigenvalue weighted by molar-refractivity contribution is 0.102. The van der Waals surface area contributed by atoms with Crippen LogP contribution in [0.3, 0.4) is 0 Å². The van der Waals surface area contributed by atoms with Gasteiger partial charge in [0.25, 0.3) is 5.91 Å². The van der Waals surface area contributed by atoms with Gasteiger partial charge in [-0.05, 0) is 65.2 Å². The Kier molecular flexibility index (Phi) is 4.64. The van der Waals surface area contributed by atoms with E-state index in [0.29, 0.717) is 29.9 Å². The molecule has 0 atom stereocenters. The maximum Gasteiger partial charge on any atom is 0.255 e. The molecule has 2 aromatic carbocycles. The number of hydrogen-bond acceptors (Lipinski definition) is 3. The minimum atomic E-state index is -3.27. The van der Waals surface area contributed by atoms with Gasteiger partial charge in [-0.3, -0.25) is 9.10 Å². The number of hydrogen-bond donors (Lipinski definition) is 1. The van der Waals surface area contributed by atoms with Crippen LogP contribution in [0.1, 0.15) is 22.8 Å². The first-order valence-electron chi connectivity index (χ1n) is 7.61. The summed E-state index contributed by atoms with van der Waals surface area (Å²) in [5.74, 6) is -0.155. The summed E-state index contributed by atoms with van der Waals surface area (Å²) in [4.78, 5) is 12.4. The largest absolute Gasteiger partial charge is 0.321 e. The molecular weight excluding hydrogens is 392 g/mol. The number of benzene rings is 2. The highest BCUT2D eigenvalue weighted by molar-refractivity contribution is 9.10. The normalized spacial score (nSPS) is 13.7. The molecule has 2 aromatic rings. The highest BCUT2D eigenvalue weighted by Gasteiger charge is 2.28. The first-order valence-corrected chi connectivity index (χ1v) is 10.0. The molecule has 1 amide bonds. The average Bonchev–Trinajstić information content (AvgIpc) is 3.00. The summed E-state index contributed by atoms with van der Waals surface area (Å²) in [7, 11) is -3.27. The summed E-state index contributed by atoms with van der Waals surface area (Å²) in [6, 6.07) is 12.5. The third kappa shape index (κ3) is 3.18. The van der Waals surface area contributed by atoms with E-state index >= 15 is 0 Å². The van der Waals surface area contributed by atoms with Gasteiger partial charge in [0, 0.05) is 16.6 Å². The number of carbonyl (C=O) groups excluding carboxylic acids is 1. The number of anilines is 2. The third-order valence-electron chi connectivity index (χ3n) is 4.02. The molecule has 1 aliphatic heterocycles. The van der Waals surface area contributed by atoms with E-state index in [0.717, 1.165) is 10.0 Å². The van der Waals surface area contributed by atoms with Gasteiger partial charge in [0.05, 0.1) is 17.1 Å². The number of sulfonamides is 1. The SMILES string of the molecule is CCS(=O)(=O)N1CCc2cc(C(=O)Nc3ccccc3Br)ccc21. The van der Waals surface area contributed by atoms with E-state index in [1.807, 2.05) is 24.3 Å². The number of nitrogens with zero attached hydrogens (tertiary/aromatic N) is 1. The van der Waals surface area contributed by atoms with Crippen LogP contribution in [-0.2, 0) is 16.4 Å². The van der Waals surface area contributed by atoms with Crippen LogP contribution in [0.2, 0.25) is 0 Å². The van der Waals surface area contributed by atoms with Crippen LogP contribution in [-0.4, -0.2) is 26.6 Å². The van der Waals surface area contributed by atoms with Gasteiger partial charge in [0.15, 0.2) is 0 Å². The molecule has 0 unspecified atom stereocenters. The molecule has 24 heavy (non-hydrogen) atoms. The monoisotopic (exact) mass is 408 g/mol. The van der Waals surface area contributed by atoms with Gasteiger partial charge in [-0.1, -0.05) is 12.1 Å². The second-order valence-electron chi connectivity index (χ2n) is 5.50. The van der Waals surface area contributed by atoms with Gasteiger partial charge in [-0.15, -0.1) is 0 Å². The number of rotatable bonds is 4. The van der Waals surface area contributed by atoms with Crippen molar-refractivity contribution < 1.29 is 13.2 Å². The van der Waals surface area contributed by atoms with Crippen LogP contribution < -0.4 is 9.62 Å². The van der Waals surface area contributed by atoms with Gasteiger partial charge < -0.3 is 5.32 Å². The highest BCUT2D eigenvalue weighted by atomic mass is 79.9. The van der Waals surface area contributed by atoms with Crippen molar-refractivity contribution >= 4 is 43.2 Å². The molecule has 1 heterocycles. The van der Waals surface area contributed by atoms with Crippen molar-refractivity contribution in [3.63, 3.8) is 0 Å². The summed E-state index contributed by atoms with van der Waals surface area (Å²) in [5.41, 5.74) is 2.76. The maximum atomic E-state index is 12.4. The Morgan fingerprint density at radius 2 is 2.00 bits per heavy atom. The van der Waals surface area contributed by atoms with Crippen LogP contribution in [0.15, 0.2) is 46.9 Å². The molecule has 0 saturated carbocycles. The van der Waals surface area contributed by atoms with E-state index in [2.05, 4.69) is 21.2 Å². The Hall–Kier alpha value is -1.86. The van der Waals surface area contributed by atoms with Crippen molar-refractivity contribution in [2.45, 2.75) is 13.3 Å². The van der Waals surface area contributed by atoms with Crippen LogP contribution in [0.4, 0.5) is 11.4 Å². The van der Waals surface area contributed by atoms with Crippen molar-refractivity contribution in [1.82, 2.24) is 0 Å². The van der Waals surface area contributed by atoms with Gasteiger partial charge in [-0.25, -0.2) is 8.42 Å². The number of nitrogens with one attached hydrogen (secondary N) is 1.